The van der Waals surface area contributed by atoms with E-state index in [9.17, 15) is 23.3 Å². The summed E-state index contributed by atoms with van der Waals surface area (Å²) in [6, 6.07) is 1.97. The third-order valence-electron chi connectivity index (χ3n) is 2.13. The molecule has 88 valence electrons. The molecule has 0 spiro atoms. The molecule has 7 heteroatoms. The molecule has 0 aromatic heterocycles. The van der Waals surface area contributed by atoms with E-state index < -0.39 is 34.5 Å². The molecule has 0 bridgehead atoms. The number of halogens is 3. The van der Waals surface area contributed by atoms with Crippen molar-refractivity contribution in [3.8, 4) is 0 Å². The summed E-state index contributed by atoms with van der Waals surface area (Å²) in [5, 5.41) is 19.3. The zero-order chi connectivity index (χ0) is 12.5. The normalized spacial score (nSPS) is 11.6. The van der Waals surface area contributed by atoms with Gasteiger partial charge in [0.2, 0.25) is 0 Å². The number of aliphatic hydroxyl groups excluding tert-OH is 1. The average Bonchev–Trinajstić information content (AvgIpc) is 2.14. The fraction of sp³-hybridized carbons (Fsp3) is 0.333. The lowest BCUT2D eigenvalue weighted by molar-refractivity contribution is -0.386. The van der Waals surface area contributed by atoms with Crippen molar-refractivity contribution in [3.05, 3.63) is 38.9 Å². The Kier molecular flexibility index (Phi) is 3.18. The van der Waals surface area contributed by atoms with Crippen LogP contribution in [0, 0.1) is 17.0 Å². The van der Waals surface area contributed by atoms with Gasteiger partial charge in [-0.25, -0.2) is 0 Å². The van der Waals surface area contributed by atoms with Crippen LogP contribution in [0.3, 0.4) is 0 Å². The summed E-state index contributed by atoms with van der Waals surface area (Å²) in [5.74, 6) is 0. The van der Waals surface area contributed by atoms with Gasteiger partial charge in [0, 0.05) is 6.07 Å². The van der Waals surface area contributed by atoms with Gasteiger partial charge in [0.1, 0.15) is 0 Å². The summed E-state index contributed by atoms with van der Waals surface area (Å²) in [6.45, 7) is 0.165. The molecule has 0 radical (unpaired) electrons. The van der Waals surface area contributed by atoms with E-state index in [0.717, 1.165) is 12.1 Å². The lowest BCUT2D eigenvalue weighted by Gasteiger charge is -2.14. The Bertz CT molecular complexity index is 429. The Balaban J connectivity index is 3.57. The summed E-state index contributed by atoms with van der Waals surface area (Å²) in [6.07, 6.45) is -4.71. The first kappa shape index (κ1) is 12.4. The van der Waals surface area contributed by atoms with Crippen LogP contribution in [0.2, 0.25) is 0 Å². The van der Waals surface area contributed by atoms with Gasteiger partial charge in [0.15, 0.2) is 0 Å². The van der Waals surface area contributed by atoms with Gasteiger partial charge in [-0.15, -0.1) is 0 Å². The minimum absolute atomic E-state index is 0.151. The molecule has 0 atom stereocenters. The molecule has 0 amide bonds. The molecular formula is C9H8F3NO3. The summed E-state index contributed by atoms with van der Waals surface area (Å²) in [7, 11) is 0. The molecule has 1 aromatic rings. The van der Waals surface area contributed by atoms with Gasteiger partial charge >= 0.3 is 6.18 Å². The Morgan fingerprint density at radius 1 is 1.44 bits per heavy atom. The number of benzene rings is 1. The smallest absolute Gasteiger partial charge is 0.391 e. The van der Waals surface area contributed by atoms with E-state index in [1.54, 1.807) is 0 Å². The number of aryl methyl sites for hydroxylation is 1. The van der Waals surface area contributed by atoms with Crippen molar-refractivity contribution in [1.82, 2.24) is 0 Å². The zero-order valence-electron chi connectivity index (χ0n) is 8.21. The van der Waals surface area contributed by atoms with Crippen LogP contribution in [0.1, 0.15) is 16.7 Å². The van der Waals surface area contributed by atoms with Gasteiger partial charge in [-0.1, -0.05) is 6.07 Å². The second-order valence-corrected chi connectivity index (χ2v) is 3.17. The second-order valence-electron chi connectivity index (χ2n) is 3.17. The van der Waals surface area contributed by atoms with Crippen molar-refractivity contribution in [2.75, 3.05) is 0 Å². The fourth-order valence-electron chi connectivity index (χ4n) is 1.48. The van der Waals surface area contributed by atoms with Crippen LogP contribution in [0.15, 0.2) is 12.1 Å². The van der Waals surface area contributed by atoms with Gasteiger partial charge in [0.25, 0.3) is 5.69 Å². The van der Waals surface area contributed by atoms with Crippen LogP contribution in [0.25, 0.3) is 0 Å². The van der Waals surface area contributed by atoms with Crippen molar-refractivity contribution in [3.63, 3.8) is 0 Å². The largest absolute Gasteiger partial charge is 0.417 e. The van der Waals surface area contributed by atoms with Crippen molar-refractivity contribution >= 4 is 5.69 Å². The number of hydrogen-bond donors (Lipinski definition) is 1. The quantitative estimate of drug-likeness (QED) is 0.632. The van der Waals surface area contributed by atoms with Crippen LogP contribution in [-0.2, 0) is 12.8 Å². The predicted octanol–water partition coefficient (Wildman–Crippen LogP) is 2.41. The van der Waals surface area contributed by atoms with Gasteiger partial charge in [-0.2, -0.15) is 13.2 Å². The first-order valence-electron chi connectivity index (χ1n) is 4.24. The van der Waals surface area contributed by atoms with Crippen molar-refractivity contribution in [1.29, 1.82) is 0 Å². The molecule has 1 aromatic carbocycles. The second kappa shape index (κ2) is 4.09. The van der Waals surface area contributed by atoms with Gasteiger partial charge in [-0.05, 0) is 12.5 Å². The molecule has 0 saturated heterocycles. The number of rotatable bonds is 2. The van der Waals surface area contributed by atoms with Gasteiger partial charge in [0.05, 0.1) is 22.7 Å². The highest BCUT2D eigenvalue weighted by atomic mass is 19.4. The lowest BCUT2D eigenvalue weighted by atomic mass is 10.00. The van der Waals surface area contributed by atoms with Gasteiger partial charge < -0.3 is 5.11 Å². The standard InChI is InChI=1S/C9H8F3NO3/c1-5-2-3-7(13(15)16)6(4-14)8(5)9(10,11)12/h2-3,14H,4H2,1H3. The van der Waals surface area contributed by atoms with Crippen LogP contribution < -0.4 is 0 Å². The molecule has 0 aliphatic rings. The summed E-state index contributed by atoms with van der Waals surface area (Å²) in [4.78, 5) is 9.55. The van der Waals surface area contributed by atoms with Crippen molar-refractivity contribution in [2.24, 2.45) is 0 Å². The monoisotopic (exact) mass is 235 g/mol. The van der Waals surface area contributed by atoms with Crippen LogP contribution in [-0.4, -0.2) is 10.0 Å². The number of hydrogen-bond acceptors (Lipinski definition) is 3. The first-order valence-corrected chi connectivity index (χ1v) is 4.24. The molecule has 1 rings (SSSR count). The maximum absolute atomic E-state index is 12.6. The minimum Gasteiger partial charge on any atom is -0.391 e. The Morgan fingerprint density at radius 3 is 2.38 bits per heavy atom. The number of aliphatic hydroxyl groups is 1. The maximum Gasteiger partial charge on any atom is 0.417 e. The van der Waals surface area contributed by atoms with Crippen LogP contribution in [0.5, 0.6) is 0 Å². The third-order valence-corrected chi connectivity index (χ3v) is 2.13. The van der Waals surface area contributed by atoms with E-state index in [1.165, 1.54) is 6.92 Å². The van der Waals surface area contributed by atoms with Crippen LogP contribution in [0.4, 0.5) is 18.9 Å². The van der Waals surface area contributed by atoms with E-state index in [4.69, 9.17) is 5.11 Å². The molecule has 4 nitrogen and oxygen atoms in total. The molecule has 16 heavy (non-hydrogen) atoms. The lowest BCUT2D eigenvalue weighted by Crippen LogP contribution is -2.13. The van der Waals surface area contributed by atoms with Crippen molar-refractivity contribution in [2.45, 2.75) is 19.7 Å². The highest BCUT2D eigenvalue weighted by Gasteiger charge is 2.38. The summed E-state index contributed by atoms with van der Waals surface area (Å²) < 4.78 is 37.8. The molecule has 0 unspecified atom stereocenters. The minimum atomic E-state index is -4.71. The van der Waals surface area contributed by atoms with E-state index in [0.29, 0.717) is 0 Å². The third kappa shape index (κ3) is 2.13. The SMILES string of the molecule is Cc1ccc([N+](=O)[O-])c(CO)c1C(F)(F)F. The fourth-order valence-corrected chi connectivity index (χ4v) is 1.48. The molecule has 0 fully saturated rings. The molecular weight excluding hydrogens is 227 g/mol. The highest BCUT2D eigenvalue weighted by molar-refractivity contribution is 5.50. The molecule has 0 heterocycles. The van der Waals surface area contributed by atoms with Crippen LogP contribution >= 0.6 is 0 Å². The molecule has 0 aliphatic heterocycles. The highest BCUT2D eigenvalue weighted by Crippen LogP contribution is 2.38. The predicted molar refractivity (Wildman–Crippen MR) is 48.8 cm³/mol. The van der Waals surface area contributed by atoms with Gasteiger partial charge in [-0.3, -0.25) is 10.1 Å². The number of nitro groups is 1. The van der Waals surface area contributed by atoms with E-state index >= 15 is 0 Å². The number of alkyl halides is 3. The van der Waals surface area contributed by atoms with E-state index in [-0.39, 0.29) is 5.56 Å². The molecule has 0 saturated carbocycles. The maximum atomic E-state index is 12.6. The Labute approximate surface area is 88.5 Å². The summed E-state index contributed by atoms with van der Waals surface area (Å²) in [5.41, 5.74) is -2.70. The first-order chi connectivity index (χ1) is 7.29. The number of nitro benzene ring substituents is 1. The Hall–Kier alpha value is -1.63. The molecule has 1 N–H and O–H groups in total. The Morgan fingerprint density at radius 2 is 2.00 bits per heavy atom. The van der Waals surface area contributed by atoms with Crippen molar-refractivity contribution < 1.29 is 23.2 Å². The van der Waals surface area contributed by atoms with E-state index in [2.05, 4.69) is 0 Å². The zero-order valence-corrected chi connectivity index (χ0v) is 8.21. The average molecular weight is 235 g/mol. The van der Waals surface area contributed by atoms with E-state index in [1.807, 2.05) is 0 Å². The topological polar surface area (TPSA) is 63.4 Å². The number of nitrogens with zero attached hydrogens (tertiary/aromatic N) is 1. The molecule has 0 aliphatic carbocycles. The summed E-state index contributed by atoms with van der Waals surface area (Å²) >= 11 is 0.